The molecule has 7 heteroatoms. The van der Waals surface area contributed by atoms with Crippen LogP contribution in [0.1, 0.15) is 15.9 Å². The van der Waals surface area contributed by atoms with Crippen LogP contribution in [0.5, 0.6) is 11.5 Å². The van der Waals surface area contributed by atoms with E-state index in [-0.39, 0.29) is 5.91 Å². The SMILES string of the molecule is COc1cccc(C(=O)N(Cc2cccnc2)c2nc3ccc(OC)cc3s2)c1. The average molecular weight is 405 g/mol. The molecule has 4 rings (SSSR count). The third-order valence-corrected chi connectivity index (χ3v) is 5.48. The van der Waals surface area contributed by atoms with Crippen molar-refractivity contribution in [1.29, 1.82) is 0 Å². The number of thiazole rings is 1. The van der Waals surface area contributed by atoms with Crippen molar-refractivity contribution in [2.75, 3.05) is 19.1 Å². The zero-order valence-electron chi connectivity index (χ0n) is 16.0. The van der Waals surface area contributed by atoms with Crippen molar-refractivity contribution in [3.63, 3.8) is 0 Å². The second kappa shape index (κ2) is 8.28. The highest BCUT2D eigenvalue weighted by Gasteiger charge is 2.22. The van der Waals surface area contributed by atoms with Crippen molar-refractivity contribution in [1.82, 2.24) is 9.97 Å². The number of benzene rings is 2. The maximum Gasteiger partial charge on any atom is 0.260 e. The number of fused-ring (bicyclic) bond motifs is 1. The fourth-order valence-corrected chi connectivity index (χ4v) is 3.94. The summed E-state index contributed by atoms with van der Waals surface area (Å²) in [5.41, 5.74) is 2.27. The van der Waals surface area contributed by atoms with E-state index in [0.29, 0.717) is 23.0 Å². The maximum absolute atomic E-state index is 13.4. The molecule has 0 fully saturated rings. The van der Waals surface area contributed by atoms with Gasteiger partial charge in [-0.1, -0.05) is 23.5 Å². The van der Waals surface area contributed by atoms with Gasteiger partial charge >= 0.3 is 0 Å². The van der Waals surface area contributed by atoms with E-state index in [9.17, 15) is 4.79 Å². The second-order valence-electron chi connectivity index (χ2n) is 6.31. The van der Waals surface area contributed by atoms with E-state index in [2.05, 4.69) is 4.98 Å². The van der Waals surface area contributed by atoms with Crippen molar-refractivity contribution in [2.24, 2.45) is 0 Å². The number of carbonyl (C=O) groups excluding carboxylic acids is 1. The summed E-state index contributed by atoms with van der Waals surface area (Å²) in [6.45, 7) is 0.362. The molecule has 1 amide bonds. The molecule has 4 aromatic rings. The van der Waals surface area contributed by atoms with Crippen LogP contribution in [0.25, 0.3) is 10.2 Å². The molecule has 6 nitrogen and oxygen atoms in total. The summed E-state index contributed by atoms with van der Waals surface area (Å²) in [7, 11) is 3.21. The molecule has 0 saturated heterocycles. The van der Waals surface area contributed by atoms with E-state index in [1.54, 1.807) is 49.7 Å². The van der Waals surface area contributed by atoms with Crippen molar-refractivity contribution in [3.8, 4) is 11.5 Å². The van der Waals surface area contributed by atoms with Crippen molar-refractivity contribution in [3.05, 3.63) is 78.1 Å². The third-order valence-electron chi connectivity index (χ3n) is 4.44. The standard InChI is InChI=1S/C22H19N3O3S/c1-27-17-7-3-6-16(11-17)21(26)25(14-15-5-4-10-23-13-15)22-24-19-9-8-18(28-2)12-20(19)29-22/h3-13H,14H2,1-2H3. The molecule has 0 N–H and O–H groups in total. The Morgan fingerprint density at radius 2 is 1.86 bits per heavy atom. The Bertz CT molecular complexity index is 1140. The highest BCUT2D eigenvalue weighted by molar-refractivity contribution is 7.22. The first-order chi connectivity index (χ1) is 14.2. The van der Waals surface area contributed by atoms with Gasteiger partial charge in [-0.25, -0.2) is 4.98 Å². The van der Waals surface area contributed by atoms with Crippen molar-refractivity contribution in [2.45, 2.75) is 6.54 Å². The van der Waals surface area contributed by atoms with E-state index in [0.717, 1.165) is 21.5 Å². The quantitative estimate of drug-likeness (QED) is 0.471. The summed E-state index contributed by atoms with van der Waals surface area (Å²) in [5, 5.41) is 0.616. The first kappa shape index (κ1) is 18.9. The molecule has 0 bridgehead atoms. The van der Waals surface area contributed by atoms with Gasteiger partial charge in [0.25, 0.3) is 5.91 Å². The lowest BCUT2D eigenvalue weighted by molar-refractivity contribution is 0.0985. The third kappa shape index (κ3) is 4.05. The Morgan fingerprint density at radius 3 is 2.62 bits per heavy atom. The molecule has 0 aliphatic carbocycles. The summed E-state index contributed by atoms with van der Waals surface area (Å²) in [6.07, 6.45) is 3.46. The van der Waals surface area contributed by atoms with Crippen LogP contribution in [0.15, 0.2) is 67.0 Å². The molecule has 146 valence electrons. The number of hydrogen-bond acceptors (Lipinski definition) is 6. The molecule has 0 aliphatic heterocycles. The van der Waals surface area contributed by atoms with Gasteiger partial charge in [0.1, 0.15) is 11.5 Å². The van der Waals surface area contributed by atoms with Crippen LogP contribution in [0.2, 0.25) is 0 Å². The van der Waals surface area contributed by atoms with Gasteiger partial charge < -0.3 is 9.47 Å². The van der Waals surface area contributed by atoms with E-state index < -0.39 is 0 Å². The Balaban J connectivity index is 1.76. The molecule has 0 aliphatic rings. The normalized spacial score (nSPS) is 10.7. The fourth-order valence-electron chi connectivity index (χ4n) is 2.95. The molecule has 29 heavy (non-hydrogen) atoms. The molecule has 0 spiro atoms. The largest absolute Gasteiger partial charge is 0.497 e. The van der Waals surface area contributed by atoms with Gasteiger partial charge in [-0.2, -0.15) is 0 Å². The van der Waals surface area contributed by atoms with Gasteiger partial charge in [-0.05, 0) is 48.0 Å². The minimum atomic E-state index is -0.154. The topological polar surface area (TPSA) is 64.5 Å². The van der Waals surface area contributed by atoms with E-state index in [1.807, 2.05) is 36.4 Å². The molecular weight excluding hydrogens is 386 g/mol. The highest BCUT2D eigenvalue weighted by atomic mass is 32.1. The number of amides is 1. The smallest absolute Gasteiger partial charge is 0.260 e. The first-order valence-corrected chi connectivity index (χ1v) is 9.79. The molecule has 0 radical (unpaired) electrons. The number of methoxy groups -OCH3 is 2. The van der Waals surface area contributed by atoms with E-state index in [1.165, 1.54) is 11.3 Å². The first-order valence-electron chi connectivity index (χ1n) is 8.97. The minimum absolute atomic E-state index is 0.154. The zero-order chi connectivity index (χ0) is 20.2. The predicted molar refractivity (Wildman–Crippen MR) is 114 cm³/mol. The number of carbonyl (C=O) groups is 1. The number of ether oxygens (including phenoxy) is 2. The van der Waals surface area contributed by atoms with Crippen molar-refractivity contribution >= 4 is 32.6 Å². The minimum Gasteiger partial charge on any atom is -0.497 e. The Morgan fingerprint density at radius 1 is 1.03 bits per heavy atom. The van der Waals surface area contributed by atoms with Gasteiger partial charge in [0.2, 0.25) is 0 Å². The number of anilines is 1. The number of nitrogens with zero attached hydrogens (tertiary/aromatic N) is 3. The van der Waals surface area contributed by atoms with Crippen LogP contribution < -0.4 is 14.4 Å². The van der Waals surface area contributed by atoms with Crippen LogP contribution in [0.3, 0.4) is 0 Å². The summed E-state index contributed by atoms with van der Waals surface area (Å²) in [4.78, 5) is 23.9. The van der Waals surface area contributed by atoms with Gasteiger partial charge in [-0.15, -0.1) is 0 Å². The Kier molecular flexibility index (Phi) is 5.39. The Labute approximate surface area is 172 Å². The molecular formula is C22H19N3O3S. The molecule has 2 heterocycles. The van der Waals surface area contributed by atoms with Crippen LogP contribution in [0, 0.1) is 0 Å². The number of aromatic nitrogens is 2. The summed E-state index contributed by atoms with van der Waals surface area (Å²) in [6, 6.07) is 16.6. The number of rotatable bonds is 6. The molecule has 0 saturated carbocycles. The van der Waals surface area contributed by atoms with Crippen molar-refractivity contribution < 1.29 is 14.3 Å². The average Bonchev–Trinajstić information content (AvgIpc) is 3.20. The summed E-state index contributed by atoms with van der Waals surface area (Å²) >= 11 is 1.45. The highest BCUT2D eigenvalue weighted by Crippen LogP contribution is 2.33. The van der Waals surface area contributed by atoms with E-state index in [4.69, 9.17) is 14.5 Å². The lowest BCUT2D eigenvalue weighted by atomic mass is 10.1. The van der Waals surface area contributed by atoms with Crippen LogP contribution in [0.4, 0.5) is 5.13 Å². The van der Waals surface area contributed by atoms with Crippen LogP contribution in [-0.2, 0) is 6.54 Å². The zero-order valence-corrected chi connectivity index (χ0v) is 16.8. The molecule has 0 unspecified atom stereocenters. The van der Waals surface area contributed by atoms with Gasteiger partial charge in [-0.3, -0.25) is 14.7 Å². The molecule has 0 atom stereocenters. The predicted octanol–water partition coefficient (Wildman–Crippen LogP) is 4.56. The van der Waals surface area contributed by atoms with Crippen LogP contribution >= 0.6 is 11.3 Å². The molecule has 2 aromatic heterocycles. The lowest BCUT2D eigenvalue weighted by Crippen LogP contribution is -2.30. The summed E-state index contributed by atoms with van der Waals surface area (Å²) in [5.74, 6) is 1.23. The number of pyridine rings is 1. The summed E-state index contributed by atoms with van der Waals surface area (Å²) < 4.78 is 11.5. The van der Waals surface area contributed by atoms with Gasteiger partial charge in [0.05, 0.1) is 31.0 Å². The second-order valence-corrected chi connectivity index (χ2v) is 7.32. The van der Waals surface area contributed by atoms with E-state index >= 15 is 0 Å². The van der Waals surface area contributed by atoms with Crippen LogP contribution in [-0.4, -0.2) is 30.1 Å². The number of hydrogen-bond donors (Lipinski definition) is 0. The lowest BCUT2D eigenvalue weighted by Gasteiger charge is -2.20. The fraction of sp³-hybridized carbons (Fsp3) is 0.136. The monoisotopic (exact) mass is 405 g/mol. The molecule has 2 aromatic carbocycles. The van der Waals surface area contributed by atoms with Gasteiger partial charge in [0, 0.05) is 18.0 Å². The maximum atomic E-state index is 13.4. The van der Waals surface area contributed by atoms with Gasteiger partial charge in [0.15, 0.2) is 5.13 Å². The Hall–Kier alpha value is -3.45.